The Morgan fingerprint density at radius 1 is 1.26 bits per heavy atom. The van der Waals surface area contributed by atoms with Crippen LogP contribution in [0.3, 0.4) is 0 Å². The molecule has 0 amide bonds. The molecule has 27 heavy (non-hydrogen) atoms. The monoisotopic (exact) mass is 384 g/mol. The Labute approximate surface area is 160 Å². The highest BCUT2D eigenvalue weighted by Crippen LogP contribution is 2.52. The van der Waals surface area contributed by atoms with Gasteiger partial charge in [0.2, 0.25) is 0 Å². The lowest BCUT2D eigenvalue weighted by Crippen LogP contribution is -2.30. The first-order chi connectivity index (χ1) is 13.0. The molecule has 3 atom stereocenters. The van der Waals surface area contributed by atoms with E-state index in [9.17, 15) is 14.9 Å². The number of benzene rings is 2. The zero-order chi connectivity index (χ0) is 19.1. The number of carbonyl (C=O) groups excluding carboxylic acids is 1. The zero-order valence-electron chi connectivity index (χ0n) is 14.5. The van der Waals surface area contributed by atoms with E-state index in [1.54, 1.807) is 24.3 Å². The standard InChI is InChI=1S/C20H17ClN2O4/c1-27-20(24)15-9-10-16(21)19-17(15)13-3-2-4-14(13)18(22-19)11-5-7-12(8-6-11)23(25)26/h2-3,5-10,13-14,18,22H,4H2,1H3/t13-,14-,18-/m1/s1. The Hall–Kier alpha value is -2.86. The van der Waals surface area contributed by atoms with E-state index >= 15 is 0 Å². The van der Waals surface area contributed by atoms with Crippen LogP contribution < -0.4 is 5.32 Å². The number of rotatable bonds is 3. The molecule has 4 rings (SSSR count). The lowest BCUT2D eigenvalue weighted by atomic mass is 9.75. The number of nitro groups is 1. The molecule has 0 spiro atoms. The van der Waals surface area contributed by atoms with Crippen LogP contribution >= 0.6 is 11.6 Å². The van der Waals surface area contributed by atoms with Crippen molar-refractivity contribution >= 4 is 28.9 Å². The van der Waals surface area contributed by atoms with E-state index in [-0.39, 0.29) is 23.6 Å². The fourth-order valence-corrected chi connectivity index (χ4v) is 4.31. The molecular weight excluding hydrogens is 368 g/mol. The lowest BCUT2D eigenvalue weighted by molar-refractivity contribution is -0.384. The third-order valence-corrected chi connectivity index (χ3v) is 5.65. The van der Waals surface area contributed by atoms with Crippen molar-refractivity contribution in [2.24, 2.45) is 5.92 Å². The van der Waals surface area contributed by atoms with E-state index in [1.165, 1.54) is 19.2 Å². The summed E-state index contributed by atoms with van der Waals surface area (Å²) in [5.74, 6) is -0.187. The molecule has 0 bridgehead atoms. The molecule has 0 fully saturated rings. The summed E-state index contributed by atoms with van der Waals surface area (Å²) in [5.41, 5.74) is 3.08. The quantitative estimate of drug-likeness (QED) is 0.353. The van der Waals surface area contributed by atoms with Gasteiger partial charge >= 0.3 is 5.97 Å². The molecule has 2 aromatic rings. The molecule has 2 aliphatic rings. The average molecular weight is 385 g/mol. The van der Waals surface area contributed by atoms with Gasteiger partial charge in [-0.25, -0.2) is 4.79 Å². The molecule has 1 heterocycles. The molecule has 1 aliphatic carbocycles. The topological polar surface area (TPSA) is 81.5 Å². The maximum absolute atomic E-state index is 12.3. The number of ether oxygens (including phenoxy) is 1. The third-order valence-electron chi connectivity index (χ3n) is 5.34. The van der Waals surface area contributed by atoms with Crippen LogP contribution in [-0.2, 0) is 4.74 Å². The van der Waals surface area contributed by atoms with Gasteiger partial charge in [0.1, 0.15) is 0 Å². The molecule has 6 nitrogen and oxygen atoms in total. The SMILES string of the molecule is COC(=O)c1ccc(Cl)c2c1[C@@H]1C=CC[C@H]1[C@@H](c1ccc([N+](=O)[O-])cc1)N2. The van der Waals surface area contributed by atoms with Crippen LogP contribution in [0.15, 0.2) is 48.6 Å². The van der Waals surface area contributed by atoms with Gasteiger partial charge in [0.15, 0.2) is 0 Å². The number of non-ortho nitro benzene ring substituents is 1. The van der Waals surface area contributed by atoms with Crippen LogP contribution in [0.2, 0.25) is 5.02 Å². The second-order valence-corrected chi connectivity index (χ2v) is 7.11. The molecule has 0 aromatic heterocycles. The molecule has 0 saturated heterocycles. The number of nitrogens with one attached hydrogen (secondary N) is 1. The molecule has 1 N–H and O–H groups in total. The summed E-state index contributed by atoms with van der Waals surface area (Å²) in [7, 11) is 1.36. The van der Waals surface area contributed by atoms with E-state index < -0.39 is 10.9 Å². The van der Waals surface area contributed by atoms with Crippen LogP contribution in [0.4, 0.5) is 11.4 Å². The number of methoxy groups -OCH3 is 1. The van der Waals surface area contributed by atoms with Gasteiger partial charge in [-0.15, -0.1) is 0 Å². The number of fused-ring (bicyclic) bond motifs is 3. The van der Waals surface area contributed by atoms with E-state index in [1.807, 2.05) is 0 Å². The summed E-state index contributed by atoms with van der Waals surface area (Å²) in [4.78, 5) is 22.8. The summed E-state index contributed by atoms with van der Waals surface area (Å²) in [6.45, 7) is 0. The first kappa shape index (κ1) is 17.5. The minimum Gasteiger partial charge on any atom is -0.465 e. The molecule has 7 heteroatoms. The van der Waals surface area contributed by atoms with Crippen molar-refractivity contribution in [3.63, 3.8) is 0 Å². The summed E-state index contributed by atoms with van der Waals surface area (Å²) >= 11 is 6.44. The highest BCUT2D eigenvalue weighted by Gasteiger charge is 2.41. The maximum Gasteiger partial charge on any atom is 0.338 e. The zero-order valence-corrected chi connectivity index (χ0v) is 15.3. The maximum atomic E-state index is 12.3. The van der Waals surface area contributed by atoms with Crippen LogP contribution in [-0.4, -0.2) is 18.0 Å². The number of anilines is 1. The van der Waals surface area contributed by atoms with Crippen molar-refractivity contribution in [1.29, 1.82) is 0 Å². The molecule has 1 aliphatic heterocycles. The number of carbonyl (C=O) groups is 1. The molecule has 0 unspecified atom stereocenters. The van der Waals surface area contributed by atoms with E-state index in [2.05, 4.69) is 17.5 Å². The van der Waals surface area contributed by atoms with E-state index in [4.69, 9.17) is 16.3 Å². The number of allylic oxidation sites excluding steroid dienone is 2. The predicted octanol–water partition coefficient (Wildman–Crippen LogP) is 4.86. The molecule has 138 valence electrons. The van der Waals surface area contributed by atoms with Gasteiger partial charge in [-0.3, -0.25) is 10.1 Å². The van der Waals surface area contributed by atoms with E-state index in [0.29, 0.717) is 10.6 Å². The Morgan fingerprint density at radius 3 is 2.67 bits per heavy atom. The molecular formula is C20H17ClN2O4. The van der Waals surface area contributed by atoms with Gasteiger partial charge < -0.3 is 10.1 Å². The van der Waals surface area contributed by atoms with Crippen LogP contribution in [0.5, 0.6) is 0 Å². The number of hydrogen-bond acceptors (Lipinski definition) is 5. The Morgan fingerprint density at radius 2 is 2.00 bits per heavy atom. The number of hydrogen-bond donors (Lipinski definition) is 1. The first-order valence-corrected chi connectivity index (χ1v) is 8.97. The van der Waals surface area contributed by atoms with Crippen molar-refractivity contribution in [2.75, 3.05) is 12.4 Å². The Bertz CT molecular complexity index is 955. The summed E-state index contributed by atoms with van der Waals surface area (Å²) in [5, 5.41) is 14.9. The fourth-order valence-electron chi connectivity index (χ4n) is 4.10. The van der Waals surface area contributed by atoms with Crippen molar-refractivity contribution < 1.29 is 14.5 Å². The molecule has 0 saturated carbocycles. The van der Waals surface area contributed by atoms with Gasteiger partial charge in [-0.1, -0.05) is 35.9 Å². The van der Waals surface area contributed by atoms with Crippen LogP contribution in [0.1, 0.15) is 39.9 Å². The molecule has 2 aromatic carbocycles. The number of halogens is 1. The van der Waals surface area contributed by atoms with Crippen molar-refractivity contribution in [3.05, 3.63) is 80.4 Å². The minimum atomic E-state index is -0.410. The second kappa shape index (κ2) is 6.70. The largest absolute Gasteiger partial charge is 0.465 e. The normalized spacial score (nSPS) is 22.5. The van der Waals surface area contributed by atoms with Gasteiger partial charge in [0.05, 0.1) is 34.3 Å². The minimum absolute atomic E-state index is 0.0224. The Kier molecular flexibility index (Phi) is 4.36. The Balaban J connectivity index is 1.80. The van der Waals surface area contributed by atoms with Crippen molar-refractivity contribution in [1.82, 2.24) is 0 Å². The number of nitrogens with zero attached hydrogens (tertiary/aromatic N) is 1. The smallest absolute Gasteiger partial charge is 0.338 e. The van der Waals surface area contributed by atoms with Gasteiger partial charge in [-0.2, -0.15) is 0 Å². The summed E-state index contributed by atoms with van der Waals surface area (Å²) in [6, 6.07) is 9.88. The summed E-state index contributed by atoms with van der Waals surface area (Å²) in [6.07, 6.45) is 5.05. The van der Waals surface area contributed by atoms with Gasteiger partial charge in [0.25, 0.3) is 5.69 Å². The highest BCUT2D eigenvalue weighted by molar-refractivity contribution is 6.33. The predicted molar refractivity (Wildman–Crippen MR) is 102 cm³/mol. The van der Waals surface area contributed by atoms with Gasteiger partial charge in [0, 0.05) is 18.1 Å². The highest BCUT2D eigenvalue weighted by atomic mass is 35.5. The fraction of sp³-hybridized carbons (Fsp3) is 0.250. The second-order valence-electron chi connectivity index (χ2n) is 6.70. The van der Waals surface area contributed by atoms with Crippen LogP contribution in [0.25, 0.3) is 0 Å². The van der Waals surface area contributed by atoms with Crippen molar-refractivity contribution in [3.8, 4) is 0 Å². The number of nitro benzene ring substituents is 1. The molecule has 0 radical (unpaired) electrons. The van der Waals surface area contributed by atoms with Crippen molar-refractivity contribution in [2.45, 2.75) is 18.4 Å². The van der Waals surface area contributed by atoms with E-state index in [0.717, 1.165) is 23.2 Å². The van der Waals surface area contributed by atoms with Crippen LogP contribution in [0, 0.1) is 16.0 Å². The average Bonchev–Trinajstić information content (AvgIpc) is 3.17. The third kappa shape index (κ3) is 2.86. The number of esters is 1. The first-order valence-electron chi connectivity index (χ1n) is 8.59. The lowest BCUT2D eigenvalue weighted by Gasteiger charge is -2.38. The van der Waals surface area contributed by atoms with Gasteiger partial charge in [-0.05, 0) is 35.6 Å². The summed E-state index contributed by atoms with van der Waals surface area (Å²) < 4.78 is 4.94.